The smallest absolute Gasteiger partial charge is 0.176 e. The molecule has 0 aliphatic heterocycles. The molecule has 0 aliphatic carbocycles. The average Bonchev–Trinajstić information content (AvgIpc) is 2.08. The predicted octanol–water partition coefficient (Wildman–Crippen LogP) is 0.585. The van der Waals surface area contributed by atoms with Gasteiger partial charge in [0.05, 0.1) is 11.4 Å². The first kappa shape index (κ1) is 11.4. The summed E-state index contributed by atoms with van der Waals surface area (Å²) in [5.74, 6) is 0. The van der Waals surface area contributed by atoms with Crippen molar-refractivity contribution in [3.8, 4) is 0 Å². The highest BCUT2D eigenvalue weighted by Gasteiger charge is 2.06. The van der Waals surface area contributed by atoms with E-state index in [2.05, 4.69) is 0 Å². The number of rotatable bonds is 1. The topological polar surface area (TPSA) is 69.3 Å². The third-order valence-corrected chi connectivity index (χ3v) is 2.20. The van der Waals surface area contributed by atoms with Gasteiger partial charge in [-0.25, -0.2) is 0 Å². The lowest BCUT2D eigenvalue weighted by atomic mass is 10.2. The van der Waals surface area contributed by atoms with Gasteiger partial charge in [0, 0.05) is 12.7 Å². The van der Waals surface area contributed by atoms with Crippen molar-refractivity contribution >= 4 is 11.4 Å². The number of aryl methyl sites for hydroxylation is 1. The molecule has 3 N–H and O–H groups in total. The predicted molar refractivity (Wildman–Crippen MR) is 49.9 cm³/mol. The highest BCUT2D eigenvalue weighted by atomic mass is 32.2. The van der Waals surface area contributed by atoms with Gasteiger partial charge >= 0.3 is 0 Å². The standard InChI is InChI=1S/C7H9NOS.CH4O/c1-6-4-2-3-5-7(6)10(8)9;1-2/h2-5H,8H2,1H3;2H,1H3. The molecular formula is C8H13NO2S. The zero-order valence-corrected chi connectivity index (χ0v) is 7.97. The van der Waals surface area contributed by atoms with E-state index in [-0.39, 0.29) is 0 Å². The summed E-state index contributed by atoms with van der Waals surface area (Å²) in [5, 5.41) is 12.2. The molecule has 0 saturated heterocycles. The van der Waals surface area contributed by atoms with Gasteiger partial charge < -0.3 is 9.66 Å². The summed E-state index contributed by atoms with van der Waals surface area (Å²) in [6.07, 6.45) is 0. The number of hydrogen-bond donors (Lipinski definition) is 2. The second-order valence-electron chi connectivity index (χ2n) is 2.06. The molecule has 1 atom stereocenters. The molecule has 0 saturated carbocycles. The second kappa shape index (κ2) is 6.02. The van der Waals surface area contributed by atoms with E-state index in [4.69, 9.17) is 10.2 Å². The molecule has 0 radical (unpaired) electrons. The molecule has 0 spiro atoms. The largest absolute Gasteiger partial charge is 0.593 e. The van der Waals surface area contributed by atoms with Crippen LogP contribution in [0.2, 0.25) is 0 Å². The van der Waals surface area contributed by atoms with Crippen molar-refractivity contribution in [3.63, 3.8) is 0 Å². The third-order valence-electron chi connectivity index (χ3n) is 1.31. The molecule has 1 aromatic carbocycles. The minimum absolute atomic E-state index is 0.711. The molecule has 1 rings (SSSR count). The summed E-state index contributed by atoms with van der Waals surface area (Å²) in [6, 6.07) is 7.38. The van der Waals surface area contributed by atoms with Gasteiger partial charge in [0.15, 0.2) is 4.90 Å². The van der Waals surface area contributed by atoms with Gasteiger partial charge in [-0.15, -0.1) is 5.14 Å². The van der Waals surface area contributed by atoms with Crippen LogP contribution in [0.1, 0.15) is 5.56 Å². The lowest BCUT2D eigenvalue weighted by molar-refractivity contribution is 0.399. The van der Waals surface area contributed by atoms with Crippen molar-refractivity contribution in [1.82, 2.24) is 0 Å². The zero-order valence-electron chi connectivity index (χ0n) is 7.15. The van der Waals surface area contributed by atoms with Crippen molar-refractivity contribution in [2.24, 2.45) is 5.14 Å². The molecule has 1 unspecified atom stereocenters. The van der Waals surface area contributed by atoms with Gasteiger partial charge in [-0.3, -0.25) is 0 Å². The van der Waals surface area contributed by atoms with Crippen LogP contribution in [0, 0.1) is 6.92 Å². The maximum atomic E-state index is 10.8. The van der Waals surface area contributed by atoms with E-state index in [1.807, 2.05) is 25.1 Å². The molecule has 3 nitrogen and oxygen atoms in total. The number of nitrogens with two attached hydrogens (primary N) is 1. The molecule has 0 aromatic heterocycles. The van der Waals surface area contributed by atoms with Gasteiger partial charge in [0.2, 0.25) is 0 Å². The van der Waals surface area contributed by atoms with E-state index in [1.54, 1.807) is 6.07 Å². The Balaban J connectivity index is 0.000000561. The average molecular weight is 187 g/mol. The maximum Gasteiger partial charge on any atom is 0.176 e. The Morgan fingerprint density at radius 3 is 2.17 bits per heavy atom. The minimum Gasteiger partial charge on any atom is -0.593 e. The van der Waals surface area contributed by atoms with E-state index >= 15 is 0 Å². The quantitative estimate of drug-likeness (QED) is 0.632. The molecule has 4 heteroatoms. The van der Waals surface area contributed by atoms with E-state index in [1.165, 1.54) is 0 Å². The van der Waals surface area contributed by atoms with Gasteiger partial charge in [-0.2, -0.15) is 0 Å². The summed E-state index contributed by atoms with van der Waals surface area (Å²) < 4.78 is 10.8. The fourth-order valence-electron chi connectivity index (χ4n) is 0.782. The van der Waals surface area contributed by atoms with Gasteiger partial charge in [0.25, 0.3) is 0 Å². The fraction of sp³-hybridized carbons (Fsp3) is 0.250. The van der Waals surface area contributed by atoms with Crippen LogP contribution >= 0.6 is 0 Å². The Morgan fingerprint density at radius 2 is 1.83 bits per heavy atom. The lowest BCUT2D eigenvalue weighted by Gasteiger charge is -2.03. The summed E-state index contributed by atoms with van der Waals surface area (Å²) in [7, 11) is 1.00. The van der Waals surface area contributed by atoms with Gasteiger partial charge in [-0.1, -0.05) is 18.2 Å². The fourth-order valence-corrected chi connectivity index (χ4v) is 1.38. The van der Waals surface area contributed by atoms with Crippen LogP contribution in [-0.2, 0) is 11.4 Å². The molecule has 0 heterocycles. The molecule has 0 fully saturated rings. The highest BCUT2D eigenvalue weighted by molar-refractivity contribution is 7.89. The molecule has 0 bridgehead atoms. The van der Waals surface area contributed by atoms with Crippen molar-refractivity contribution < 1.29 is 9.66 Å². The first-order chi connectivity index (χ1) is 5.72. The summed E-state index contributed by atoms with van der Waals surface area (Å²) >= 11 is -1.34. The van der Waals surface area contributed by atoms with Crippen molar-refractivity contribution in [3.05, 3.63) is 29.8 Å². The SMILES string of the molecule is CO.Cc1ccccc1[S+](N)[O-]. The summed E-state index contributed by atoms with van der Waals surface area (Å²) in [4.78, 5) is 0.711. The Morgan fingerprint density at radius 1 is 1.33 bits per heavy atom. The minimum atomic E-state index is -1.34. The zero-order chi connectivity index (χ0) is 9.56. The van der Waals surface area contributed by atoms with E-state index in [9.17, 15) is 4.55 Å². The van der Waals surface area contributed by atoms with Crippen LogP contribution in [0.3, 0.4) is 0 Å². The Labute approximate surface area is 75.5 Å². The van der Waals surface area contributed by atoms with Gasteiger partial charge in [-0.05, 0) is 13.0 Å². The number of aliphatic hydroxyl groups is 1. The van der Waals surface area contributed by atoms with Crippen LogP contribution in [0.4, 0.5) is 0 Å². The van der Waals surface area contributed by atoms with E-state index < -0.39 is 11.4 Å². The van der Waals surface area contributed by atoms with Crippen molar-refractivity contribution in [1.29, 1.82) is 0 Å². The maximum absolute atomic E-state index is 10.8. The molecular weight excluding hydrogens is 174 g/mol. The molecule has 0 aliphatic rings. The van der Waals surface area contributed by atoms with Crippen LogP contribution in [-0.4, -0.2) is 16.8 Å². The molecule has 1 aromatic rings. The van der Waals surface area contributed by atoms with Crippen LogP contribution in [0.25, 0.3) is 0 Å². The number of benzene rings is 1. The summed E-state index contributed by atoms with van der Waals surface area (Å²) in [6.45, 7) is 1.89. The van der Waals surface area contributed by atoms with Crippen molar-refractivity contribution in [2.75, 3.05) is 7.11 Å². The highest BCUT2D eigenvalue weighted by Crippen LogP contribution is 2.10. The summed E-state index contributed by atoms with van der Waals surface area (Å²) in [5.41, 5.74) is 0.975. The second-order valence-corrected chi connectivity index (χ2v) is 3.10. The molecule has 0 amide bonds. The third kappa shape index (κ3) is 3.23. The first-order valence-corrected chi connectivity index (χ1v) is 4.59. The van der Waals surface area contributed by atoms with Crippen molar-refractivity contribution in [2.45, 2.75) is 11.8 Å². The van der Waals surface area contributed by atoms with E-state index in [0.29, 0.717) is 4.90 Å². The number of hydrogen-bond acceptors (Lipinski definition) is 3. The number of aliphatic hydroxyl groups excluding tert-OH is 1. The lowest BCUT2D eigenvalue weighted by Crippen LogP contribution is -2.13. The normalized spacial score (nSPS) is 11.4. The first-order valence-electron chi connectivity index (χ1n) is 3.38. The monoisotopic (exact) mass is 187 g/mol. The molecule has 12 heavy (non-hydrogen) atoms. The van der Waals surface area contributed by atoms with Gasteiger partial charge in [0.1, 0.15) is 0 Å². The van der Waals surface area contributed by atoms with Crippen LogP contribution < -0.4 is 5.14 Å². The Bertz CT molecular complexity index is 228. The van der Waals surface area contributed by atoms with E-state index in [0.717, 1.165) is 12.7 Å². The Kier molecular flexibility index (Phi) is 5.74. The Hall–Kier alpha value is -0.550. The van der Waals surface area contributed by atoms with Crippen LogP contribution in [0.15, 0.2) is 29.2 Å². The van der Waals surface area contributed by atoms with Crippen LogP contribution in [0.5, 0.6) is 0 Å². The molecule has 68 valence electrons.